The second-order valence-corrected chi connectivity index (χ2v) is 5.37. The van der Waals surface area contributed by atoms with E-state index in [-0.39, 0.29) is 23.8 Å². The van der Waals surface area contributed by atoms with Crippen LogP contribution in [-0.4, -0.2) is 38.1 Å². The van der Waals surface area contributed by atoms with Gasteiger partial charge in [0.05, 0.1) is 13.0 Å². The smallest absolute Gasteiger partial charge is 0.305 e. The molecule has 0 aliphatic carbocycles. The summed E-state index contributed by atoms with van der Waals surface area (Å²) in [5, 5.41) is 6.15. The average Bonchev–Trinajstić information content (AvgIpc) is 2.43. The molecular weight excluding hydrogens is 268 g/mol. The van der Waals surface area contributed by atoms with Crippen molar-refractivity contribution in [3.8, 4) is 0 Å². The second-order valence-electron chi connectivity index (χ2n) is 5.37. The summed E-state index contributed by atoms with van der Waals surface area (Å²) in [7, 11) is 1.38. The number of rotatable bonds is 7. The highest BCUT2D eigenvalue weighted by atomic mass is 16.5. The Hall–Kier alpha value is -1.88. The average molecular weight is 290 g/mol. The lowest BCUT2D eigenvalue weighted by Crippen LogP contribution is -2.53. The molecule has 0 saturated carbocycles. The van der Waals surface area contributed by atoms with E-state index in [0.29, 0.717) is 12.8 Å². The van der Waals surface area contributed by atoms with Gasteiger partial charge in [0.1, 0.15) is 0 Å². The van der Waals surface area contributed by atoms with Crippen molar-refractivity contribution in [3.63, 3.8) is 0 Å². The lowest BCUT2D eigenvalue weighted by molar-refractivity contribution is -0.141. The third-order valence-corrected chi connectivity index (χ3v) is 3.75. The lowest BCUT2D eigenvalue weighted by atomic mass is 9.98. The van der Waals surface area contributed by atoms with Crippen LogP contribution < -0.4 is 10.6 Å². The minimum atomic E-state index is -0.243. The van der Waals surface area contributed by atoms with Gasteiger partial charge >= 0.3 is 5.97 Å². The number of carbonyl (C=O) groups excluding carboxylic acids is 2. The number of amides is 1. The minimum Gasteiger partial charge on any atom is -0.469 e. The molecule has 114 valence electrons. The molecule has 1 fully saturated rings. The standard InChI is InChI=1S/C16H22N2O3/c1-21-15(19)8-7-14(9-12-5-3-2-4-6-12)18-16(20)13-10-17-11-13/h2-6,13-14,17H,7-11H2,1H3,(H,18,20). The lowest BCUT2D eigenvalue weighted by Gasteiger charge is -2.28. The first-order chi connectivity index (χ1) is 10.2. The highest BCUT2D eigenvalue weighted by molar-refractivity contribution is 5.80. The van der Waals surface area contributed by atoms with Crippen molar-refractivity contribution in [1.29, 1.82) is 0 Å². The Morgan fingerprint density at radius 1 is 1.33 bits per heavy atom. The quantitative estimate of drug-likeness (QED) is 0.732. The molecule has 0 aromatic heterocycles. The van der Waals surface area contributed by atoms with E-state index >= 15 is 0 Å². The van der Waals surface area contributed by atoms with Gasteiger partial charge in [0, 0.05) is 25.6 Å². The van der Waals surface area contributed by atoms with E-state index in [9.17, 15) is 9.59 Å². The molecule has 5 nitrogen and oxygen atoms in total. The number of nitrogens with one attached hydrogen (secondary N) is 2. The first-order valence-corrected chi connectivity index (χ1v) is 7.31. The van der Waals surface area contributed by atoms with Crippen molar-refractivity contribution in [2.75, 3.05) is 20.2 Å². The van der Waals surface area contributed by atoms with Crippen molar-refractivity contribution in [2.45, 2.75) is 25.3 Å². The molecule has 2 rings (SSSR count). The largest absolute Gasteiger partial charge is 0.469 e. The molecule has 1 aromatic carbocycles. The fourth-order valence-electron chi connectivity index (χ4n) is 2.31. The van der Waals surface area contributed by atoms with Crippen LogP contribution in [0.25, 0.3) is 0 Å². The molecule has 1 amide bonds. The van der Waals surface area contributed by atoms with E-state index in [2.05, 4.69) is 15.4 Å². The highest BCUT2D eigenvalue weighted by Gasteiger charge is 2.26. The fourth-order valence-corrected chi connectivity index (χ4v) is 2.31. The molecule has 1 heterocycles. The van der Waals surface area contributed by atoms with Crippen molar-refractivity contribution >= 4 is 11.9 Å². The third-order valence-electron chi connectivity index (χ3n) is 3.75. The topological polar surface area (TPSA) is 67.4 Å². The predicted molar refractivity (Wildman–Crippen MR) is 79.7 cm³/mol. The van der Waals surface area contributed by atoms with Crippen LogP contribution >= 0.6 is 0 Å². The number of methoxy groups -OCH3 is 1. The number of ether oxygens (including phenoxy) is 1. The van der Waals surface area contributed by atoms with Crippen molar-refractivity contribution < 1.29 is 14.3 Å². The van der Waals surface area contributed by atoms with Crippen LogP contribution in [0, 0.1) is 5.92 Å². The Morgan fingerprint density at radius 2 is 2.05 bits per heavy atom. The summed E-state index contributed by atoms with van der Waals surface area (Å²) in [5.74, 6) is -0.117. The summed E-state index contributed by atoms with van der Waals surface area (Å²) in [6.45, 7) is 1.47. The maximum Gasteiger partial charge on any atom is 0.305 e. The van der Waals surface area contributed by atoms with Gasteiger partial charge < -0.3 is 15.4 Å². The maximum atomic E-state index is 12.1. The molecule has 1 unspecified atom stereocenters. The Labute approximate surface area is 125 Å². The first kappa shape index (κ1) is 15.5. The first-order valence-electron chi connectivity index (χ1n) is 7.31. The molecule has 5 heteroatoms. The van der Waals surface area contributed by atoms with E-state index in [1.54, 1.807) is 0 Å². The van der Waals surface area contributed by atoms with Gasteiger partial charge in [-0.1, -0.05) is 30.3 Å². The third kappa shape index (κ3) is 4.86. The van der Waals surface area contributed by atoms with Crippen LogP contribution in [0.5, 0.6) is 0 Å². The van der Waals surface area contributed by atoms with Gasteiger partial charge in [0.15, 0.2) is 0 Å². The van der Waals surface area contributed by atoms with E-state index in [1.807, 2.05) is 30.3 Å². The van der Waals surface area contributed by atoms with Crippen LogP contribution in [0.3, 0.4) is 0 Å². The SMILES string of the molecule is COC(=O)CCC(Cc1ccccc1)NC(=O)C1CNC1. The summed E-state index contributed by atoms with van der Waals surface area (Å²) in [6, 6.07) is 9.93. The van der Waals surface area contributed by atoms with Crippen molar-refractivity contribution in [1.82, 2.24) is 10.6 Å². The van der Waals surface area contributed by atoms with Crippen LogP contribution in [-0.2, 0) is 20.7 Å². The number of hydrogen-bond acceptors (Lipinski definition) is 4. The predicted octanol–water partition coefficient (Wildman–Crippen LogP) is 0.886. The maximum absolute atomic E-state index is 12.1. The zero-order valence-corrected chi connectivity index (χ0v) is 12.3. The Morgan fingerprint density at radius 3 is 2.62 bits per heavy atom. The minimum absolute atomic E-state index is 0.0420. The van der Waals surface area contributed by atoms with E-state index in [4.69, 9.17) is 0 Å². The number of benzene rings is 1. The van der Waals surface area contributed by atoms with Crippen LogP contribution in [0.15, 0.2) is 30.3 Å². The molecule has 0 bridgehead atoms. The molecule has 0 spiro atoms. The van der Waals surface area contributed by atoms with E-state index in [1.165, 1.54) is 7.11 Å². The fraction of sp³-hybridized carbons (Fsp3) is 0.500. The number of carbonyl (C=O) groups is 2. The molecule has 1 saturated heterocycles. The van der Waals surface area contributed by atoms with Gasteiger partial charge in [-0.15, -0.1) is 0 Å². The van der Waals surface area contributed by atoms with Crippen LogP contribution in [0.2, 0.25) is 0 Å². The summed E-state index contributed by atoms with van der Waals surface area (Å²) in [4.78, 5) is 23.4. The Balaban J connectivity index is 1.91. The van der Waals surface area contributed by atoms with Crippen LogP contribution in [0.4, 0.5) is 0 Å². The van der Waals surface area contributed by atoms with E-state index < -0.39 is 0 Å². The number of hydrogen-bond donors (Lipinski definition) is 2. The highest BCUT2D eigenvalue weighted by Crippen LogP contribution is 2.10. The van der Waals surface area contributed by atoms with Crippen LogP contribution in [0.1, 0.15) is 18.4 Å². The Bertz CT molecular complexity index is 472. The van der Waals surface area contributed by atoms with Gasteiger partial charge in [0.25, 0.3) is 0 Å². The summed E-state index contributed by atoms with van der Waals surface area (Å²) < 4.78 is 4.67. The zero-order valence-electron chi connectivity index (χ0n) is 12.3. The number of esters is 1. The molecule has 1 aromatic rings. The van der Waals surface area contributed by atoms with E-state index in [0.717, 1.165) is 25.1 Å². The summed E-state index contributed by atoms with van der Waals surface area (Å²) in [6.07, 6.45) is 1.63. The second kappa shape index (κ2) is 7.78. The molecule has 1 aliphatic heterocycles. The Kier molecular flexibility index (Phi) is 5.75. The van der Waals surface area contributed by atoms with Gasteiger partial charge in [-0.3, -0.25) is 9.59 Å². The normalized spacial score (nSPS) is 15.9. The molecule has 1 aliphatic rings. The van der Waals surface area contributed by atoms with Gasteiger partial charge in [-0.2, -0.15) is 0 Å². The molecule has 2 N–H and O–H groups in total. The monoisotopic (exact) mass is 290 g/mol. The summed E-state index contributed by atoms with van der Waals surface area (Å²) >= 11 is 0. The van der Waals surface area contributed by atoms with Gasteiger partial charge in [0.2, 0.25) is 5.91 Å². The molecule has 1 atom stereocenters. The molecular formula is C16H22N2O3. The van der Waals surface area contributed by atoms with Gasteiger partial charge in [-0.25, -0.2) is 0 Å². The summed E-state index contributed by atoms with van der Waals surface area (Å²) in [5.41, 5.74) is 1.15. The van der Waals surface area contributed by atoms with Gasteiger partial charge in [-0.05, 0) is 18.4 Å². The molecule has 21 heavy (non-hydrogen) atoms. The zero-order chi connectivity index (χ0) is 15.1. The molecule has 0 radical (unpaired) electrons. The van der Waals surface area contributed by atoms with Crippen molar-refractivity contribution in [3.05, 3.63) is 35.9 Å². The van der Waals surface area contributed by atoms with Crippen molar-refractivity contribution in [2.24, 2.45) is 5.92 Å².